The highest BCUT2D eigenvalue weighted by atomic mass is 35.5. The predicted molar refractivity (Wildman–Crippen MR) is 103 cm³/mol. The number of hydrogen-bond donors (Lipinski definition) is 1. The Bertz CT molecular complexity index is 968. The number of rotatable bonds is 5. The van der Waals surface area contributed by atoms with Crippen molar-refractivity contribution in [3.8, 4) is 11.6 Å². The van der Waals surface area contributed by atoms with Gasteiger partial charge in [0.1, 0.15) is 5.02 Å². The number of hydrogen-bond acceptors (Lipinski definition) is 6. The van der Waals surface area contributed by atoms with Gasteiger partial charge in [-0.25, -0.2) is 9.67 Å². The first-order valence-electron chi connectivity index (χ1n) is 8.11. The smallest absolute Gasteiger partial charge is 0.253 e. The van der Waals surface area contributed by atoms with Gasteiger partial charge in [0.15, 0.2) is 0 Å². The van der Waals surface area contributed by atoms with Crippen LogP contribution in [0.3, 0.4) is 0 Å². The first-order valence-corrected chi connectivity index (χ1v) is 8.48. The fourth-order valence-electron chi connectivity index (χ4n) is 2.41. The lowest BCUT2D eigenvalue weighted by Gasteiger charge is -2.10. The highest BCUT2D eigenvalue weighted by molar-refractivity contribution is 6.31. The molecule has 8 nitrogen and oxygen atoms in total. The minimum absolute atomic E-state index is 0.0469. The second-order valence-corrected chi connectivity index (χ2v) is 6.40. The molecule has 9 heteroatoms. The van der Waals surface area contributed by atoms with E-state index in [1.54, 1.807) is 30.9 Å². The molecule has 0 aliphatic rings. The Balaban J connectivity index is 1.83. The summed E-state index contributed by atoms with van der Waals surface area (Å²) in [6, 6.07) is 7.23. The van der Waals surface area contributed by atoms with Gasteiger partial charge in [0.2, 0.25) is 11.8 Å². The number of methoxy groups -OCH3 is 1. The molecule has 0 aliphatic heterocycles. The van der Waals surface area contributed by atoms with Crippen LogP contribution >= 0.6 is 11.6 Å². The monoisotopic (exact) mass is 386 g/mol. The molecule has 2 heterocycles. The van der Waals surface area contributed by atoms with Crippen molar-refractivity contribution in [1.82, 2.24) is 24.6 Å². The van der Waals surface area contributed by atoms with E-state index in [0.717, 1.165) is 17.1 Å². The Kier molecular flexibility index (Phi) is 5.27. The molecule has 1 aromatic carbocycles. The number of benzene rings is 1. The maximum Gasteiger partial charge on any atom is 0.253 e. The van der Waals surface area contributed by atoms with Gasteiger partial charge < -0.3 is 15.0 Å². The van der Waals surface area contributed by atoms with Gasteiger partial charge in [0.05, 0.1) is 36.6 Å². The van der Waals surface area contributed by atoms with Crippen molar-refractivity contribution in [2.24, 2.45) is 0 Å². The van der Waals surface area contributed by atoms with Crippen LogP contribution in [0, 0.1) is 6.92 Å². The van der Waals surface area contributed by atoms with Crippen LogP contribution in [0.2, 0.25) is 5.02 Å². The molecule has 0 unspecified atom stereocenters. The number of nitrogens with one attached hydrogen (secondary N) is 1. The lowest BCUT2D eigenvalue weighted by Crippen LogP contribution is -2.21. The average molecular weight is 387 g/mol. The number of ether oxygens (including phenoxy) is 1. The number of aromatic nitrogens is 4. The molecule has 0 fully saturated rings. The van der Waals surface area contributed by atoms with E-state index in [2.05, 4.69) is 20.4 Å². The van der Waals surface area contributed by atoms with Gasteiger partial charge in [0, 0.05) is 19.7 Å². The van der Waals surface area contributed by atoms with Crippen molar-refractivity contribution in [2.45, 2.75) is 6.92 Å². The Morgan fingerprint density at radius 2 is 1.96 bits per heavy atom. The second-order valence-electron chi connectivity index (χ2n) is 6.00. The van der Waals surface area contributed by atoms with Crippen LogP contribution in [0.15, 0.2) is 36.7 Å². The van der Waals surface area contributed by atoms with Gasteiger partial charge in [-0.2, -0.15) is 10.1 Å². The van der Waals surface area contributed by atoms with Crippen molar-refractivity contribution in [3.63, 3.8) is 0 Å². The van der Waals surface area contributed by atoms with E-state index in [1.807, 2.05) is 25.3 Å². The predicted octanol–water partition coefficient (Wildman–Crippen LogP) is 3.08. The number of amides is 1. The van der Waals surface area contributed by atoms with Gasteiger partial charge in [-0.1, -0.05) is 11.6 Å². The summed E-state index contributed by atoms with van der Waals surface area (Å²) < 4.78 is 6.82. The van der Waals surface area contributed by atoms with Gasteiger partial charge in [0.25, 0.3) is 5.91 Å². The van der Waals surface area contributed by atoms with Crippen molar-refractivity contribution in [3.05, 3.63) is 52.9 Å². The SMILES string of the molecule is COc1nc(Nc2cn(-c3ccc(C(=O)N(C)C)cc3)nc2C)ncc1Cl. The fourth-order valence-corrected chi connectivity index (χ4v) is 2.57. The maximum absolute atomic E-state index is 12.0. The normalized spacial score (nSPS) is 10.6. The molecule has 0 radical (unpaired) electrons. The Morgan fingerprint density at radius 3 is 2.59 bits per heavy atom. The molecule has 1 amide bonds. The van der Waals surface area contributed by atoms with Crippen molar-refractivity contribution < 1.29 is 9.53 Å². The summed E-state index contributed by atoms with van der Waals surface area (Å²) in [7, 11) is 4.93. The lowest BCUT2D eigenvalue weighted by atomic mass is 10.2. The molecule has 140 valence electrons. The first-order chi connectivity index (χ1) is 12.9. The van der Waals surface area contributed by atoms with E-state index in [9.17, 15) is 4.79 Å². The van der Waals surface area contributed by atoms with Crippen LogP contribution in [0.5, 0.6) is 5.88 Å². The minimum Gasteiger partial charge on any atom is -0.480 e. The summed E-state index contributed by atoms with van der Waals surface area (Å²) in [6.45, 7) is 1.87. The summed E-state index contributed by atoms with van der Waals surface area (Å²) >= 11 is 5.95. The summed E-state index contributed by atoms with van der Waals surface area (Å²) in [5.41, 5.74) is 2.96. The van der Waals surface area contributed by atoms with Crippen LogP contribution in [-0.4, -0.2) is 51.8 Å². The van der Waals surface area contributed by atoms with Gasteiger partial charge in [-0.05, 0) is 31.2 Å². The molecule has 1 N–H and O–H groups in total. The van der Waals surface area contributed by atoms with Gasteiger partial charge >= 0.3 is 0 Å². The molecule has 0 atom stereocenters. The number of carbonyl (C=O) groups excluding carboxylic acids is 1. The third kappa shape index (κ3) is 4.01. The van der Waals surface area contributed by atoms with E-state index in [-0.39, 0.29) is 5.91 Å². The Hall–Kier alpha value is -3.13. The highest BCUT2D eigenvalue weighted by Crippen LogP contribution is 2.24. The zero-order chi connectivity index (χ0) is 19.6. The topological polar surface area (TPSA) is 85.2 Å². The molecule has 3 rings (SSSR count). The molecular formula is C18H19ClN6O2. The quantitative estimate of drug-likeness (QED) is 0.725. The van der Waals surface area contributed by atoms with Crippen LogP contribution in [0.4, 0.5) is 11.6 Å². The van der Waals surface area contributed by atoms with Gasteiger partial charge in [-0.3, -0.25) is 4.79 Å². The first kappa shape index (κ1) is 18.7. The number of carbonyl (C=O) groups is 1. The standard InChI is InChI=1S/C18H19ClN6O2/c1-11-15(21-18-20-9-14(19)16(22-18)27-4)10-25(23-11)13-7-5-12(6-8-13)17(26)24(2)3/h5-10H,1-4H3,(H,20,21,22). The molecule has 3 aromatic rings. The van der Waals surface area contributed by atoms with Crippen LogP contribution in [0.25, 0.3) is 5.69 Å². The fraction of sp³-hybridized carbons (Fsp3) is 0.222. The molecule has 0 spiro atoms. The molecule has 0 saturated heterocycles. The van der Waals surface area contributed by atoms with Crippen molar-refractivity contribution >= 4 is 29.1 Å². The van der Waals surface area contributed by atoms with Crippen molar-refractivity contribution in [1.29, 1.82) is 0 Å². The number of nitrogens with zero attached hydrogens (tertiary/aromatic N) is 5. The third-order valence-electron chi connectivity index (χ3n) is 3.84. The summed E-state index contributed by atoms with van der Waals surface area (Å²) in [4.78, 5) is 21.9. The molecule has 27 heavy (non-hydrogen) atoms. The summed E-state index contributed by atoms with van der Waals surface area (Å²) in [6.07, 6.45) is 3.29. The third-order valence-corrected chi connectivity index (χ3v) is 4.09. The number of aryl methyl sites for hydroxylation is 1. The lowest BCUT2D eigenvalue weighted by molar-refractivity contribution is 0.0827. The number of halogens is 1. The van der Waals surface area contributed by atoms with Crippen LogP contribution in [-0.2, 0) is 0 Å². The highest BCUT2D eigenvalue weighted by Gasteiger charge is 2.12. The van der Waals surface area contributed by atoms with Crippen LogP contribution < -0.4 is 10.1 Å². The van der Waals surface area contributed by atoms with E-state index in [1.165, 1.54) is 18.2 Å². The molecule has 0 saturated carbocycles. The molecule has 2 aromatic heterocycles. The molecule has 0 aliphatic carbocycles. The summed E-state index contributed by atoms with van der Waals surface area (Å²) in [5, 5.41) is 7.93. The van der Waals surface area contributed by atoms with Crippen molar-refractivity contribution in [2.75, 3.05) is 26.5 Å². The minimum atomic E-state index is -0.0469. The summed E-state index contributed by atoms with van der Waals surface area (Å²) in [5.74, 6) is 0.598. The Morgan fingerprint density at radius 1 is 1.26 bits per heavy atom. The molecule has 0 bridgehead atoms. The zero-order valence-corrected chi connectivity index (χ0v) is 16.2. The average Bonchev–Trinajstić information content (AvgIpc) is 3.03. The Labute approximate surface area is 161 Å². The van der Waals surface area contributed by atoms with Crippen LogP contribution in [0.1, 0.15) is 16.1 Å². The van der Waals surface area contributed by atoms with E-state index < -0.39 is 0 Å². The second kappa shape index (κ2) is 7.63. The zero-order valence-electron chi connectivity index (χ0n) is 15.4. The maximum atomic E-state index is 12.0. The van der Waals surface area contributed by atoms with Gasteiger partial charge in [-0.15, -0.1) is 0 Å². The van der Waals surface area contributed by atoms with E-state index in [0.29, 0.717) is 22.4 Å². The number of anilines is 2. The largest absolute Gasteiger partial charge is 0.480 e. The van der Waals surface area contributed by atoms with E-state index >= 15 is 0 Å². The molecular weight excluding hydrogens is 368 g/mol. The van der Waals surface area contributed by atoms with E-state index in [4.69, 9.17) is 16.3 Å².